The average Bonchev–Trinajstić information content (AvgIpc) is 2.67. The van der Waals surface area contributed by atoms with Gasteiger partial charge in [0.15, 0.2) is 6.61 Å². The highest BCUT2D eigenvalue weighted by Crippen LogP contribution is 2.24. The second-order valence-electron chi connectivity index (χ2n) is 7.32. The number of ether oxygens (including phenoxy) is 1. The maximum atomic E-state index is 12.9. The minimum absolute atomic E-state index is 0.0975. The molecule has 0 radical (unpaired) electrons. The lowest BCUT2D eigenvalue weighted by Crippen LogP contribution is -2.34. The number of anilines is 1. The van der Waals surface area contributed by atoms with Crippen LogP contribution in [0.5, 0.6) is 5.75 Å². The molecule has 1 heterocycles. The van der Waals surface area contributed by atoms with Crippen molar-refractivity contribution < 1.29 is 13.9 Å². The molecule has 1 aliphatic rings. The van der Waals surface area contributed by atoms with E-state index in [1.807, 2.05) is 6.92 Å². The summed E-state index contributed by atoms with van der Waals surface area (Å²) >= 11 is 0. The van der Waals surface area contributed by atoms with Crippen LogP contribution < -0.4 is 15.0 Å². The average molecular weight is 370 g/mol. The molecular formula is C22H27FN2O2. The Hall–Kier alpha value is -2.56. The predicted molar refractivity (Wildman–Crippen MR) is 106 cm³/mol. The Kier molecular flexibility index (Phi) is 6.32. The number of nitrogens with one attached hydrogen (secondary N) is 1. The van der Waals surface area contributed by atoms with Gasteiger partial charge >= 0.3 is 0 Å². The molecule has 5 heteroatoms. The predicted octanol–water partition coefficient (Wildman–Crippen LogP) is 4.32. The molecule has 0 aromatic heterocycles. The molecule has 2 aromatic carbocycles. The van der Waals surface area contributed by atoms with Gasteiger partial charge in [0.2, 0.25) is 0 Å². The van der Waals surface area contributed by atoms with E-state index >= 15 is 0 Å². The van der Waals surface area contributed by atoms with E-state index in [-0.39, 0.29) is 24.4 Å². The first-order chi connectivity index (χ1) is 13.0. The summed E-state index contributed by atoms with van der Waals surface area (Å²) in [6.07, 6.45) is 2.54. The van der Waals surface area contributed by atoms with E-state index in [1.165, 1.54) is 42.8 Å². The van der Waals surface area contributed by atoms with E-state index in [9.17, 15) is 9.18 Å². The van der Waals surface area contributed by atoms with Crippen molar-refractivity contribution in [1.29, 1.82) is 0 Å². The molecule has 1 N–H and O–H groups in total. The Morgan fingerprint density at radius 1 is 1.22 bits per heavy atom. The SMILES string of the molecule is CC1CCCN(c2ccc(C(C)NC(=O)COc3ccc(F)cc3)cc2)C1. The van der Waals surface area contributed by atoms with Crippen molar-refractivity contribution in [2.45, 2.75) is 32.7 Å². The zero-order valence-corrected chi connectivity index (χ0v) is 16.0. The van der Waals surface area contributed by atoms with Gasteiger partial charge in [-0.2, -0.15) is 0 Å². The zero-order chi connectivity index (χ0) is 19.2. The van der Waals surface area contributed by atoms with Gasteiger partial charge in [0, 0.05) is 18.8 Å². The summed E-state index contributed by atoms with van der Waals surface area (Å²) in [6.45, 7) is 6.36. The summed E-state index contributed by atoms with van der Waals surface area (Å²) in [5, 5.41) is 2.93. The minimum Gasteiger partial charge on any atom is -0.484 e. The number of piperidine rings is 1. The van der Waals surface area contributed by atoms with Crippen molar-refractivity contribution in [1.82, 2.24) is 5.32 Å². The number of carbonyl (C=O) groups is 1. The first-order valence-corrected chi connectivity index (χ1v) is 9.54. The van der Waals surface area contributed by atoms with Crippen LogP contribution in [0.25, 0.3) is 0 Å². The minimum atomic E-state index is -0.331. The van der Waals surface area contributed by atoms with Gasteiger partial charge in [-0.1, -0.05) is 19.1 Å². The number of carbonyl (C=O) groups excluding carboxylic acids is 1. The topological polar surface area (TPSA) is 41.6 Å². The molecule has 0 bridgehead atoms. The molecule has 1 fully saturated rings. The summed E-state index contributed by atoms with van der Waals surface area (Å²) in [5.74, 6) is 0.667. The summed E-state index contributed by atoms with van der Waals surface area (Å²) in [7, 11) is 0. The van der Waals surface area contributed by atoms with Gasteiger partial charge in [-0.3, -0.25) is 4.79 Å². The molecule has 1 saturated heterocycles. The first-order valence-electron chi connectivity index (χ1n) is 9.54. The molecule has 3 rings (SSSR count). The lowest BCUT2D eigenvalue weighted by molar-refractivity contribution is -0.123. The summed E-state index contributed by atoms with van der Waals surface area (Å²) in [6, 6.07) is 13.9. The molecule has 0 aliphatic carbocycles. The molecule has 144 valence electrons. The fourth-order valence-electron chi connectivity index (χ4n) is 3.44. The van der Waals surface area contributed by atoms with E-state index in [4.69, 9.17) is 4.74 Å². The zero-order valence-electron chi connectivity index (χ0n) is 16.0. The second kappa shape index (κ2) is 8.89. The van der Waals surface area contributed by atoms with E-state index in [1.54, 1.807) is 0 Å². The Balaban J connectivity index is 1.50. The largest absolute Gasteiger partial charge is 0.484 e. The number of rotatable bonds is 6. The van der Waals surface area contributed by atoms with Crippen molar-refractivity contribution in [2.75, 3.05) is 24.6 Å². The third-order valence-corrected chi connectivity index (χ3v) is 4.98. The van der Waals surface area contributed by atoms with Crippen LogP contribution in [-0.2, 0) is 4.79 Å². The van der Waals surface area contributed by atoms with Gasteiger partial charge < -0.3 is 15.0 Å². The van der Waals surface area contributed by atoms with E-state index in [0.717, 1.165) is 24.6 Å². The first kappa shape index (κ1) is 19.2. The summed E-state index contributed by atoms with van der Waals surface area (Å²) < 4.78 is 18.3. The van der Waals surface area contributed by atoms with Crippen LogP contribution in [0.1, 0.15) is 38.3 Å². The molecular weight excluding hydrogens is 343 g/mol. The highest BCUT2D eigenvalue weighted by atomic mass is 19.1. The van der Waals surface area contributed by atoms with Crippen LogP contribution >= 0.6 is 0 Å². The van der Waals surface area contributed by atoms with Gasteiger partial charge in [-0.15, -0.1) is 0 Å². The fraction of sp³-hybridized carbons (Fsp3) is 0.409. The Morgan fingerprint density at radius 2 is 1.93 bits per heavy atom. The van der Waals surface area contributed by atoms with Crippen LogP contribution in [0.3, 0.4) is 0 Å². The number of halogens is 1. The summed E-state index contributed by atoms with van der Waals surface area (Å²) in [4.78, 5) is 14.5. The van der Waals surface area contributed by atoms with E-state index < -0.39 is 0 Å². The van der Waals surface area contributed by atoms with Crippen molar-refractivity contribution >= 4 is 11.6 Å². The van der Waals surface area contributed by atoms with Gasteiger partial charge in [-0.25, -0.2) is 4.39 Å². The van der Waals surface area contributed by atoms with Crippen molar-refractivity contribution in [2.24, 2.45) is 5.92 Å². The highest BCUT2D eigenvalue weighted by Gasteiger charge is 2.17. The van der Waals surface area contributed by atoms with E-state index in [2.05, 4.69) is 41.4 Å². The molecule has 2 atom stereocenters. The molecule has 0 saturated carbocycles. The molecule has 0 spiro atoms. The number of hydrogen-bond donors (Lipinski definition) is 1. The number of hydrogen-bond acceptors (Lipinski definition) is 3. The smallest absolute Gasteiger partial charge is 0.258 e. The molecule has 27 heavy (non-hydrogen) atoms. The third-order valence-electron chi connectivity index (χ3n) is 4.98. The molecule has 1 aliphatic heterocycles. The number of nitrogens with zero attached hydrogens (tertiary/aromatic N) is 1. The molecule has 2 unspecified atom stereocenters. The Morgan fingerprint density at radius 3 is 2.59 bits per heavy atom. The van der Waals surface area contributed by atoms with E-state index in [0.29, 0.717) is 5.75 Å². The maximum Gasteiger partial charge on any atom is 0.258 e. The normalized spacial score (nSPS) is 18.0. The van der Waals surface area contributed by atoms with Crippen LogP contribution in [0, 0.1) is 11.7 Å². The van der Waals surface area contributed by atoms with Crippen molar-refractivity contribution in [3.05, 3.63) is 59.9 Å². The van der Waals surface area contributed by atoms with Crippen LogP contribution in [0.2, 0.25) is 0 Å². The van der Waals surface area contributed by atoms with Crippen LogP contribution in [-0.4, -0.2) is 25.6 Å². The second-order valence-corrected chi connectivity index (χ2v) is 7.32. The Labute approximate surface area is 160 Å². The maximum absolute atomic E-state index is 12.9. The lowest BCUT2D eigenvalue weighted by atomic mass is 9.99. The summed E-state index contributed by atoms with van der Waals surface area (Å²) in [5.41, 5.74) is 2.29. The highest BCUT2D eigenvalue weighted by molar-refractivity contribution is 5.78. The number of amides is 1. The van der Waals surface area contributed by atoms with Crippen molar-refractivity contribution in [3.8, 4) is 5.75 Å². The van der Waals surface area contributed by atoms with Crippen LogP contribution in [0.15, 0.2) is 48.5 Å². The lowest BCUT2D eigenvalue weighted by Gasteiger charge is -2.33. The molecule has 1 amide bonds. The standard InChI is InChI=1S/C22H27FN2O2/c1-16-4-3-13-25(14-16)20-9-5-18(6-10-20)17(2)24-22(26)15-27-21-11-7-19(23)8-12-21/h5-12,16-17H,3-4,13-15H2,1-2H3,(H,24,26). The number of benzene rings is 2. The van der Waals surface area contributed by atoms with Gasteiger partial charge in [0.05, 0.1) is 6.04 Å². The van der Waals surface area contributed by atoms with Gasteiger partial charge in [0.1, 0.15) is 11.6 Å². The molecule has 4 nitrogen and oxygen atoms in total. The van der Waals surface area contributed by atoms with Crippen molar-refractivity contribution in [3.63, 3.8) is 0 Å². The van der Waals surface area contributed by atoms with Crippen LogP contribution in [0.4, 0.5) is 10.1 Å². The molecule has 2 aromatic rings. The third kappa shape index (κ3) is 5.46. The monoisotopic (exact) mass is 370 g/mol. The van der Waals surface area contributed by atoms with Gasteiger partial charge in [0.25, 0.3) is 5.91 Å². The quantitative estimate of drug-likeness (QED) is 0.823. The Bertz CT molecular complexity index is 746. The van der Waals surface area contributed by atoms with Gasteiger partial charge in [-0.05, 0) is 67.6 Å². The fourth-order valence-corrected chi connectivity index (χ4v) is 3.44.